The van der Waals surface area contributed by atoms with Crippen LogP contribution in [-0.2, 0) is 12.0 Å². The van der Waals surface area contributed by atoms with Crippen LogP contribution in [0.5, 0.6) is 11.5 Å². The van der Waals surface area contributed by atoms with Crippen molar-refractivity contribution in [3.63, 3.8) is 0 Å². The third kappa shape index (κ3) is 1.98. The highest BCUT2D eigenvalue weighted by atomic mass is 35.5. The van der Waals surface area contributed by atoms with Crippen molar-refractivity contribution in [2.24, 2.45) is 5.73 Å². The van der Waals surface area contributed by atoms with Gasteiger partial charge >= 0.3 is 0 Å². The van der Waals surface area contributed by atoms with Crippen molar-refractivity contribution in [3.8, 4) is 11.5 Å². The van der Waals surface area contributed by atoms with E-state index in [0.717, 1.165) is 30.4 Å². The topological polar surface area (TPSA) is 44.5 Å². The van der Waals surface area contributed by atoms with Crippen molar-refractivity contribution < 1.29 is 9.47 Å². The number of ether oxygens (including phenoxy) is 2. The summed E-state index contributed by atoms with van der Waals surface area (Å²) in [7, 11) is 3.21. The summed E-state index contributed by atoms with van der Waals surface area (Å²) in [4.78, 5) is 0. The van der Waals surface area contributed by atoms with E-state index in [2.05, 4.69) is 6.92 Å². The molecule has 0 saturated heterocycles. The average molecular weight is 256 g/mol. The maximum absolute atomic E-state index is 6.37. The van der Waals surface area contributed by atoms with Crippen molar-refractivity contribution in [2.45, 2.75) is 31.7 Å². The smallest absolute Gasteiger partial charge is 0.179 e. The number of hydrogen-bond acceptors (Lipinski definition) is 3. The normalized spacial score (nSPS) is 16.8. The second-order valence-corrected chi connectivity index (χ2v) is 4.84. The van der Waals surface area contributed by atoms with Gasteiger partial charge in [-0.1, -0.05) is 18.5 Å². The quantitative estimate of drug-likeness (QED) is 0.900. The summed E-state index contributed by atoms with van der Waals surface area (Å²) < 4.78 is 10.6. The van der Waals surface area contributed by atoms with Gasteiger partial charge in [0.1, 0.15) is 0 Å². The molecule has 1 aliphatic rings. The summed E-state index contributed by atoms with van der Waals surface area (Å²) in [6, 6.07) is 1.97. The SMILES string of the molecule is CCc1c(C2(N)CC2)cc(OC)c(OC)c1Cl. The summed E-state index contributed by atoms with van der Waals surface area (Å²) in [6.45, 7) is 2.07. The number of methoxy groups -OCH3 is 2. The first-order valence-electron chi connectivity index (χ1n) is 5.80. The maximum Gasteiger partial charge on any atom is 0.179 e. The van der Waals surface area contributed by atoms with Gasteiger partial charge < -0.3 is 15.2 Å². The Balaban J connectivity index is 2.63. The molecule has 0 aromatic heterocycles. The lowest BCUT2D eigenvalue weighted by atomic mass is 9.96. The summed E-state index contributed by atoms with van der Waals surface area (Å²) in [5.41, 5.74) is 8.23. The van der Waals surface area contributed by atoms with Crippen molar-refractivity contribution in [2.75, 3.05) is 14.2 Å². The van der Waals surface area contributed by atoms with Crippen LogP contribution in [0.15, 0.2) is 6.07 Å². The van der Waals surface area contributed by atoms with E-state index in [-0.39, 0.29) is 5.54 Å². The Morgan fingerprint density at radius 2 is 2.00 bits per heavy atom. The third-order valence-corrected chi connectivity index (χ3v) is 3.79. The molecule has 2 rings (SSSR count). The average Bonchev–Trinajstić information content (AvgIpc) is 3.07. The van der Waals surface area contributed by atoms with E-state index in [1.165, 1.54) is 0 Å². The fourth-order valence-electron chi connectivity index (χ4n) is 2.18. The maximum atomic E-state index is 6.37. The van der Waals surface area contributed by atoms with Crippen molar-refractivity contribution in [3.05, 3.63) is 22.2 Å². The predicted octanol–water partition coefficient (Wildman–Crippen LogP) is 2.87. The molecule has 17 heavy (non-hydrogen) atoms. The molecule has 1 aliphatic carbocycles. The summed E-state index contributed by atoms with van der Waals surface area (Å²) >= 11 is 6.37. The molecule has 4 heteroatoms. The van der Waals surface area contributed by atoms with Crippen LogP contribution in [0.2, 0.25) is 5.02 Å². The molecule has 0 unspecified atom stereocenters. The molecule has 1 fully saturated rings. The van der Waals surface area contributed by atoms with Crippen LogP contribution in [-0.4, -0.2) is 14.2 Å². The van der Waals surface area contributed by atoms with E-state index in [9.17, 15) is 0 Å². The molecule has 0 radical (unpaired) electrons. The first kappa shape index (κ1) is 12.5. The van der Waals surface area contributed by atoms with Gasteiger partial charge in [-0.25, -0.2) is 0 Å². The fraction of sp³-hybridized carbons (Fsp3) is 0.538. The molecule has 0 bridgehead atoms. The lowest BCUT2D eigenvalue weighted by Crippen LogP contribution is -2.21. The monoisotopic (exact) mass is 255 g/mol. The number of benzene rings is 1. The first-order chi connectivity index (χ1) is 8.07. The molecule has 3 nitrogen and oxygen atoms in total. The zero-order chi connectivity index (χ0) is 12.6. The van der Waals surface area contributed by atoms with Gasteiger partial charge in [0.2, 0.25) is 0 Å². The summed E-state index contributed by atoms with van der Waals surface area (Å²) in [5, 5.41) is 0.626. The van der Waals surface area contributed by atoms with Gasteiger partial charge in [0, 0.05) is 5.54 Å². The van der Waals surface area contributed by atoms with Gasteiger partial charge in [-0.15, -0.1) is 0 Å². The van der Waals surface area contributed by atoms with Gasteiger partial charge in [0.25, 0.3) is 0 Å². The van der Waals surface area contributed by atoms with E-state index in [4.69, 9.17) is 26.8 Å². The minimum atomic E-state index is -0.214. The molecule has 1 saturated carbocycles. The molecule has 2 N–H and O–H groups in total. The zero-order valence-electron chi connectivity index (χ0n) is 10.5. The Hall–Kier alpha value is -0.930. The lowest BCUT2D eigenvalue weighted by molar-refractivity contribution is 0.353. The molecular formula is C13H18ClNO2. The zero-order valence-corrected chi connectivity index (χ0v) is 11.2. The Morgan fingerprint density at radius 1 is 1.35 bits per heavy atom. The number of rotatable bonds is 4. The van der Waals surface area contributed by atoms with Crippen LogP contribution in [0, 0.1) is 0 Å². The van der Waals surface area contributed by atoms with Gasteiger partial charge in [0.05, 0.1) is 19.2 Å². The van der Waals surface area contributed by atoms with Crippen molar-refractivity contribution in [1.82, 2.24) is 0 Å². The minimum absolute atomic E-state index is 0.214. The van der Waals surface area contributed by atoms with E-state index < -0.39 is 0 Å². The van der Waals surface area contributed by atoms with E-state index in [1.54, 1.807) is 14.2 Å². The molecule has 94 valence electrons. The van der Waals surface area contributed by atoms with E-state index in [0.29, 0.717) is 16.5 Å². The molecule has 1 aromatic rings. The van der Waals surface area contributed by atoms with Crippen molar-refractivity contribution >= 4 is 11.6 Å². The summed E-state index contributed by atoms with van der Waals surface area (Å²) in [5.74, 6) is 1.25. The number of nitrogens with two attached hydrogens (primary N) is 1. The van der Waals surface area contributed by atoms with Crippen LogP contribution >= 0.6 is 11.6 Å². The van der Waals surface area contributed by atoms with E-state index in [1.807, 2.05) is 6.07 Å². The molecular weight excluding hydrogens is 238 g/mol. The molecule has 0 heterocycles. The minimum Gasteiger partial charge on any atom is -0.493 e. The Morgan fingerprint density at radius 3 is 2.41 bits per heavy atom. The molecule has 0 aliphatic heterocycles. The molecule has 0 atom stereocenters. The Kier molecular flexibility index (Phi) is 3.23. The lowest BCUT2D eigenvalue weighted by Gasteiger charge is -2.20. The number of hydrogen-bond donors (Lipinski definition) is 1. The van der Waals surface area contributed by atoms with E-state index >= 15 is 0 Å². The Bertz CT molecular complexity index is 442. The Labute approximate surface area is 107 Å². The van der Waals surface area contributed by atoms with Crippen LogP contribution < -0.4 is 15.2 Å². The predicted molar refractivity (Wildman–Crippen MR) is 69.0 cm³/mol. The highest BCUT2D eigenvalue weighted by Gasteiger charge is 2.42. The summed E-state index contributed by atoms with van der Waals surface area (Å²) in [6.07, 6.45) is 2.85. The second kappa shape index (κ2) is 4.39. The largest absolute Gasteiger partial charge is 0.493 e. The van der Waals surface area contributed by atoms with Crippen molar-refractivity contribution in [1.29, 1.82) is 0 Å². The van der Waals surface area contributed by atoms with Gasteiger partial charge in [-0.05, 0) is 36.5 Å². The molecule has 1 aromatic carbocycles. The number of halogens is 1. The van der Waals surface area contributed by atoms with Crippen LogP contribution in [0.1, 0.15) is 30.9 Å². The molecule has 0 amide bonds. The third-order valence-electron chi connectivity index (χ3n) is 3.39. The molecule has 0 spiro atoms. The second-order valence-electron chi connectivity index (χ2n) is 4.46. The van der Waals surface area contributed by atoms with Gasteiger partial charge in [-0.2, -0.15) is 0 Å². The standard InChI is InChI=1S/C13H18ClNO2/c1-4-8-9(13(15)5-6-13)7-10(16-2)12(17-3)11(8)14/h7H,4-6,15H2,1-3H3. The first-order valence-corrected chi connectivity index (χ1v) is 6.18. The van der Waals surface area contributed by atoms with Crippen LogP contribution in [0.4, 0.5) is 0 Å². The fourth-order valence-corrected chi connectivity index (χ4v) is 2.59. The van der Waals surface area contributed by atoms with Crippen LogP contribution in [0.25, 0.3) is 0 Å². The highest BCUT2D eigenvalue weighted by Crippen LogP contribution is 2.50. The van der Waals surface area contributed by atoms with Crippen LogP contribution in [0.3, 0.4) is 0 Å². The highest BCUT2D eigenvalue weighted by molar-refractivity contribution is 6.33. The van der Waals surface area contributed by atoms with Gasteiger partial charge in [0.15, 0.2) is 11.5 Å². The van der Waals surface area contributed by atoms with Gasteiger partial charge in [-0.3, -0.25) is 0 Å².